The van der Waals surface area contributed by atoms with Crippen molar-refractivity contribution in [1.82, 2.24) is 9.88 Å². The van der Waals surface area contributed by atoms with E-state index in [9.17, 15) is 14.4 Å². The van der Waals surface area contributed by atoms with Gasteiger partial charge in [0.05, 0.1) is 17.2 Å². The fourth-order valence-corrected chi connectivity index (χ4v) is 5.05. The van der Waals surface area contributed by atoms with Crippen LogP contribution in [0.3, 0.4) is 0 Å². The fourth-order valence-electron chi connectivity index (χ4n) is 3.75. The number of thioether (sulfide) groups is 1. The number of benzene rings is 2. The van der Waals surface area contributed by atoms with Gasteiger partial charge in [0.15, 0.2) is 5.78 Å². The molecule has 190 valence electrons. The number of oxazole rings is 1. The Hall–Kier alpha value is -3.56. The zero-order chi connectivity index (χ0) is 26.2. The van der Waals surface area contributed by atoms with E-state index in [1.807, 2.05) is 42.5 Å². The molecule has 7 nitrogen and oxygen atoms in total. The predicted octanol–water partition coefficient (Wildman–Crippen LogP) is 5.70. The summed E-state index contributed by atoms with van der Waals surface area (Å²) in [6, 6.07) is 16.7. The summed E-state index contributed by atoms with van der Waals surface area (Å²) in [4.78, 5) is 43.5. The van der Waals surface area contributed by atoms with Crippen molar-refractivity contribution in [1.29, 1.82) is 0 Å². The van der Waals surface area contributed by atoms with Crippen LogP contribution in [0.5, 0.6) is 0 Å². The molecule has 2 aromatic carbocycles. The molecule has 0 bridgehead atoms. The normalized spacial score (nSPS) is 14.4. The van der Waals surface area contributed by atoms with Crippen LogP contribution in [0.25, 0.3) is 17.5 Å². The second-order valence-corrected chi connectivity index (χ2v) is 9.97. The summed E-state index contributed by atoms with van der Waals surface area (Å²) >= 11 is 6.58. The molecule has 1 fully saturated rings. The number of amides is 1. The average Bonchev–Trinajstić information content (AvgIpc) is 3.48. The topological polar surface area (TPSA) is 89.7 Å². The Morgan fingerprint density at radius 2 is 1.86 bits per heavy atom. The van der Waals surface area contributed by atoms with E-state index in [0.29, 0.717) is 53.1 Å². The first-order chi connectivity index (χ1) is 17.9. The molecular formula is C28H26N2O5S2. The maximum absolute atomic E-state index is 12.8. The number of carbonyl (C=O) groups is 3. The fraction of sp³-hybridized carbons (Fsp3) is 0.250. The second-order valence-electron chi connectivity index (χ2n) is 8.30. The van der Waals surface area contributed by atoms with Crippen molar-refractivity contribution >= 4 is 52.0 Å². The molecule has 2 heterocycles. The van der Waals surface area contributed by atoms with Crippen molar-refractivity contribution in [2.24, 2.45) is 0 Å². The van der Waals surface area contributed by atoms with E-state index >= 15 is 0 Å². The first kappa shape index (κ1) is 26.5. The first-order valence-electron chi connectivity index (χ1n) is 12.0. The summed E-state index contributed by atoms with van der Waals surface area (Å²) in [6.07, 6.45) is 4.87. The maximum Gasteiger partial charge on any atom is 0.305 e. The number of nitrogens with zero attached hydrogens (tertiary/aromatic N) is 2. The molecule has 0 atom stereocenters. The van der Waals surface area contributed by atoms with E-state index in [-0.39, 0.29) is 24.1 Å². The lowest BCUT2D eigenvalue weighted by Crippen LogP contribution is -2.29. The molecule has 0 aliphatic carbocycles. The number of carbonyl (C=O) groups excluding carboxylic acids is 3. The number of ether oxygens (including phenoxy) is 1. The predicted molar refractivity (Wildman–Crippen MR) is 147 cm³/mol. The Morgan fingerprint density at radius 1 is 1.11 bits per heavy atom. The molecule has 9 heteroatoms. The molecule has 0 unspecified atom stereocenters. The van der Waals surface area contributed by atoms with Crippen LogP contribution in [0, 0.1) is 0 Å². The van der Waals surface area contributed by atoms with Crippen molar-refractivity contribution < 1.29 is 23.5 Å². The summed E-state index contributed by atoms with van der Waals surface area (Å²) < 4.78 is 10.9. The number of hydrogen-bond acceptors (Lipinski definition) is 8. The van der Waals surface area contributed by atoms with Crippen LogP contribution >= 0.6 is 24.0 Å². The molecule has 0 saturated carbocycles. The molecule has 3 aromatic rings. The summed E-state index contributed by atoms with van der Waals surface area (Å²) in [5.74, 6) is 0.0816. The number of hydrogen-bond donors (Lipinski definition) is 0. The molecule has 1 aliphatic rings. The van der Waals surface area contributed by atoms with Gasteiger partial charge < -0.3 is 9.15 Å². The van der Waals surface area contributed by atoms with Gasteiger partial charge in [-0.15, -0.1) is 0 Å². The van der Waals surface area contributed by atoms with Gasteiger partial charge in [0, 0.05) is 36.9 Å². The second kappa shape index (κ2) is 12.6. The van der Waals surface area contributed by atoms with Crippen LogP contribution in [0.4, 0.5) is 0 Å². The Balaban J connectivity index is 1.30. The molecule has 1 aliphatic heterocycles. The Labute approximate surface area is 224 Å². The SMILES string of the molecule is CCOC(=O)CCCN1C(=O)/C(=C/c2ccc(C(=O)CCc3coc(-c4ccccc4)n3)cc2)SC1=S. The third-order valence-corrected chi connectivity index (χ3v) is 7.03. The zero-order valence-corrected chi connectivity index (χ0v) is 22.0. The van der Waals surface area contributed by atoms with Crippen molar-refractivity contribution in [3.8, 4) is 11.5 Å². The summed E-state index contributed by atoms with van der Waals surface area (Å²) in [7, 11) is 0. The minimum absolute atomic E-state index is 0.00346. The number of esters is 1. The summed E-state index contributed by atoms with van der Waals surface area (Å²) in [6.45, 7) is 2.46. The highest BCUT2D eigenvalue weighted by molar-refractivity contribution is 8.26. The van der Waals surface area contributed by atoms with Gasteiger partial charge in [0.25, 0.3) is 5.91 Å². The lowest BCUT2D eigenvalue weighted by Gasteiger charge is -2.13. The molecule has 1 saturated heterocycles. The van der Waals surface area contributed by atoms with Crippen LogP contribution < -0.4 is 0 Å². The maximum atomic E-state index is 12.8. The molecule has 0 N–H and O–H groups in total. The van der Waals surface area contributed by atoms with Crippen molar-refractivity contribution in [2.75, 3.05) is 13.2 Å². The monoisotopic (exact) mass is 534 g/mol. The van der Waals surface area contributed by atoms with Gasteiger partial charge in [-0.05, 0) is 37.1 Å². The first-order valence-corrected chi connectivity index (χ1v) is 13.2. The number of Topliss-reactive ketones (excluding diaryl/α,β-unsaturated/α-hetero) is 1. The van der Waals surface area contributed by atoms with Gasteiger partial charge >= 0.3 is 5.97 Å². The molecule has 1 amide bonds. The van der Waals surface area contributed by atoms with Crippen molar-refractivity contribution in [3.05, 3.63) is 82.6 Å². The van der Waals surface area contributed by atoms with Crippen LogP contribution in [0.1, 0.15) is 47.8 Å². The van der Waals surface area contributed by atoms with Crippen molar-refractivity contribution in [3.63, 3.8) is 0 Å². The summed E-state index contributed by atoms with van der Waals surface area (Å²) in [5, 5.41) is 0. The van der Waals surface area contributed by atoms with E-state index in [1.54, 1.807) is 31.4 Å². The largest absolute Gasteiger partial charge is 0.466 e. The van der Waals surface area contributed by atoms with E-state index in [0.717, 1.165) is 16.8 Å². The Kier molecular flexibility index (Phi) is 9.03. The Bertz CT molecular complexity index is 1320. The van der Waals surface area contributed by atoms with Gasteiger partial charge in [-0.25, -0.2) is 4.98 Å². The average molecular weight is 535 g/mol. The third-order valence-electron chi connectivity index (χ3n) is 5.65. The van der Waals surface area contributed by atoms with E-state index in [2.05, 4.69) is 4.98 Å². The standard InChI is InChI=1S/C28H26N2O5S2/c1-2-34-25(32)9-6-16-30-27(33)24(37-28(30)36)17-19-10-12-20(13-11-19)23(31)15-14-22-18-35-26(29-22)21-7-4-3-5-8-21/h3-5,7-8,10-13,17-18H,2,6,9,14-16H2,1H3/b24-17-. The van der Waals surface area contributed by atoms with Crippen LogP contribution in [0.2, 0.25) is 0 Å². The quantitative estimate of drug-likeness (QED) is 0.134. The van der Waals surface area contributed by atoms with Crippen LogP contribution in [-0.2, 0) is 20.7 Å². The van der Waals surface area contributed by atoms with Gasteiger partial charge in [-0.3, -0.25) is 19.3 Å². The van der Waals surface area contributed by atoms with Crippen LogP contribution in [0.15, 0.2) is 70.2 Å². The van der Waals surface area contributed by atoms with Gasteiger partial charge in [0.1, 0.15) is 10.6 Å². The lowest BCUT2D eigenvalue weighted by atomic mass is 10.0. The van der Waals surface area contributed by atoms with E-state index in [4.69, 9.17) is 21.4 Å². The number of aromatic nitrogens is 1. The molecule has 0 radical (unpaired) electrons. The highest BCUT2D eigenvalue weighted by Gasteiger charge is 2.31. The van der Waals surface area contributed by atoms with E-state index < -0.39 is 0 Å². The lowest BCUT2D eigenvalue weighted by molar-refractivity contribution is -0.143. The van der Waals surface area contributed by atoms with Gasteiger partial charge in [-0.1, -0.05) is 66.4 Å². The number of thiocarbonyl (C=S) groups is 1. The molecule has 37 heavy (non-hydrogen) atoms. The van der Waals surface area contributed by atoms with E-state index in [1.165, 1.54) is 16.7 Å². The summed E-state index contributed by atoms with van der Waals surface area (Å²) in [5.41, 5.74) is 3.01. The van der Waals surface area contributed by atoms with Gasteiger partial charge in [0.2, 0.25) is 5.89 Å². The zero-order valence-electron chi connectivity index (χ0n) is 20.3. The Morgan fingerprint density at radius 3 is 2.59 bits per heavy atom. The highest BCUT2D eigenvalue weighted by atomic mass is 32.2. The molecule has 0 spiro atoms. The minimum atomic E-state index is -0.281. The number of ketones is 1. The third kappa shape index (κ3) is 7.02. The smallest absolute Gasteiger partial charge is 0.305 e. The number of rotatable bonds is 11. The van der Waals surface area contributed by atoms with Crippen LogP contribution in [-0.4, -0.2) is 45.0 Å². The molecule has 4 rings (SSSR count). The molecule has 1 aromatic heterocycles. The highest BCUT2D eigenvalue weighted by Crippen LogP contribution is 2.32. The van der Waals surface area contributed by atoms with Crippen molar-refractivity contribution in [2.45, 2.75) is 32.6 Å². The molecular weight excluding hydrogens is 508 g/mol. The van der Waals surface area contributed by atoms with Gasteiger partial charge in [-0.2, -0.15) is 0 Å². The minimum Gasteiger partial charge on any atom is -0.466 e. The number of aryl methyl sites for hydroxylation is 1.